The fourth-order valence-electron chi connectivity index (χ4n) is 7.30. The van der Waals surface area contributed by atoms with E-state index in [1.807, 2.05) is 18.2 Å². The summed E-state index contributed by atoms with van der Waals surface area (Å²) in [5.41, 5.74) is 18.8. The van der Waals surface area contributed by atoms with Gasteiger partial charge in [-0.15, -0.1) is 0 Å². The Morgan fingerprint density at radius 1 is 0.853 bits per heavy atom. The molecule has 2 aromatic carbocycles. The van der Waals surface area contributed by atoms with E-state index in [1.54, 1.807) is 49.5 Å². The zero-order valence-electron chi connectivity index (χ0n) is 38.2. The van der Waals surface area contributed by atoms with Crippen molar-refractivity contribution >= 4 is 70.2 Å². The van der Waals surface area contributed by atoms with E-state index >= 15 is 0 Å². The van der Waals surface area contributed by atoms with Crippen LogP contribution >= 0.6 is 0 Å². The van der Waals surface area contributed by atoms with Crippen LogP contribution in [0.1, 0.15) is 69.9 Å². The van der Waals surface area contributed by atoms with Gasteiger partial charge in [0.05, 0.1) is 19.2 Å². The van der Waals surface area contributed by atoms with Crippen molar-refractivity contribution in [1.82, 2.24) is 47.1 Å². The molecule has 4 rings (SSSR count). The van der Waals surface area contributed by atoms with Crippen molar-refractivity contribution in [3.05, 3.63) is 71.9 Å². The average molecular weight is 946 g/mol. The number of nitrogens with zero attached hydrogens (tertiary/aromatic N) is 2. The van der Waals surface area contributed by atoms with Crippen LogP contribution in [0.2, 0.25) is 0 Å². The van der Waals surface area contributed by atoms with E-state index in [0.29, 0.717) is 16.0 Å². The Balaban J connectivity index is 1.79. The molecule has 23 heteroatoms. The molecule has 368 valence electrons. The second kappa shape index (κ2) is 26.6. The number of rotatable bonds is 15. The molecule has 68 heavy (non-hydrogen) atoms. The van der Waals surface area contributed by atoms with Gasteiger partial charge in [0, 0.05) is 56.4 Å². The number of aliphatic imine (C=N–C) groups is 1. The third-order valence-corrected chi connectivity index (χ3v) is 11.0. The number of primary amides is 1. The fraction of sp³-hybridized carbons (Fsp3) is 0.467. The predicted octanol–water partition coefficient (Wildman–Crippen LogP) is -2.06. The Bertz CT molecular complexity index is 2280. The third kappa shape index (κ3) is 17.0. The van der Waals surface area contributed by atoms with Crippen LogP contribution in [0.15, 0.2) is 65.8 Å². The number of aliphatic hydroxyl groups is 1. The minimum Gasteiger partial charge on any atom is -0.391 e. The van der Waals surface area contributed by atoms with Crippen molar-refractivity contribution in [2.75, 3.05) is 26.2 Å². The average Bonchev–Trinajstić information content (AvgIpc) is 3.72. The number of guanidine groups is 1. The summed E-state index contributed by atoms with van der Waals surface area (Å²) in [5.74, 6) is -6.59. The highest BCUT2D eigenvalue weighted by molar-refractivity contribution is 6.01. The molecule has 23 nitrogen and oxygen atoms in total. The smallest absolute Gasteiger partial charge is 0.324 e. The van der Waals surface area contributed by atoms with E-state index in [9.17, 15) is 48.3 Å². The number of urea groups is 1. The van der Waals surface area contributed by atoms with Crippen molar-refractivity contribution in [3.63, 3.8) is 0 Å². The van der Waals surface area contributed by atoms with Crippen LogP contribution < -0.4 is 54.4 Å². The lowest BCUT2D eigenvalue weighted by atomic mass is 10.0. The number of imide groups is 1. The number of aromatic amines is 1. The number of nitrogens with two attached hydrogens (primary N) is 3. The number of nitrogens with one attached hydrogen (secondary N) is 8. The molecule has 2 heterocycles. The van der Waals surface area contributed by atoms with Crippen molar-refractivity contribution in [2.24, 2.45) is 22.2 Å². The highest BCUT2D eigenvalue weighted by atomic mass is 16.3. The SMILES string of the molecule is CCC(O)CN1C(=O)NC(Cc2ccccc2)C(=O)N[C@@H](CCCN=C(N)N)C(=O)N[C@@H](Cc2c[nH]c3ccccc23)C(=O)NC(C(N)=O)CCCNC(=O)CCC(NC(=O)CNC(C)=O)C1=O. The first-order valence-electron chi connectivity index (χ1n) is 22.4. The van der Waals surface area contributed by atoms with Crippen molar-refractivity contribution in [1.29, 1.82) is 0 Å². The summed E-state index contributed by atoms with van der Waals surface area (Å²) in [5, 5.41) is 29.6. The molecular formula is C45H63N13O10. The number of aliphatic hydroxyl groups excluding tert-OH is 1. The minimum absolute atomic E-state index is 0.0112. The number of para-hydroxylation sites is 1. The van der Waals surface area contributed by atoms with E-state index < -0.39 is 103 Å². The molecule has 6 atom stereocenters. The topological polar surface area (TPSA) is 368 Å². The number of carbonyl (C=O) groups is 9. The molecule has 1 saturated heterocycles. The maximum Gasteiger partial charge on any atom is 0.324 e. The van der Waals surface area contributed by atoms with Crippen LogP contribution in [0, 0.1) is 0 Å². The van der Waals surface area contributed by atoms with Gasteiger partial charge in [-0.05, 0) is 55.7 Å². The summed E-state index contributed by atoms with van der Waals surface area (Å²) in [7, 11) is 0. The Morgan fingerprint density at radius 3 is 2.21 bits per heavy atom. The molecule has 0 bridgehead atoms. The van der Waals surface area contributed by atoms with Gasteiger partial charge < -0.3 is 64.5 Å². The fourth-order valence-corrected chi connectivity index (χ4v) is 7.30. The lowest BCUT2D eigenvalue weighted by Crippen LogP contribution is -2.61. The Hall–Kier alpha value is -7.56. The number of hydrogen-bond acceptors (Lipinski definition) is 11. The van der Waals surface area contributed by atoms with E-state index in [2.05, 4.69) is 47.2 Å². The molecule has 1 aromatic heterocycles. The molecule has 1 fully saturated rings. The van der Waals surface area contributed by atoms with E-state index in [0.717, 1.165) is 10.9 Å². The number of β-amino-alcohol motifs (C(OH)–C–C–N with tert-alkyl or cyclic N) is 1. The molecule has 4 unspecified atom stereocenters. The number of fused-ring (bicyclic) bond motifs is 1. The molecule has 0 radical (unpaired) electrons. The predicted molar refractivity (Wildman–Crippen MR) is 249 cm³/mol. The van der Waals surface area contributed by atoms with E-state index in [1.165, 1.54) is 6.92 Å². The second-order valence-corrected chi connectivity index (χ2v) is 16.4. The highest BCUT2D eigenvalue weighted by Crippen LogP contribution is 2.20. The summed E-state index contributed by atoms with van der Waals surface area (Å²) in [6, 6.07) is 7.61. The monoisotopic (exact) mass is 945 g/mol. The zero-order valence-corrected chi connectivity index (χ0v) is 38.2. The third-order valence-electron chi connectivity index (χ3n) is 11.0. The van der Waals surface area contributed by atoms with Gasteiger partial charge in [-0.3, -0.25) is 48.2 Å². The number of amides is 10. The first-order valence-corrected chi connectivity index (χ1v) is 22.4. The summed E-state index contributed by atoms with van der Waals surface area (Å²) in [6.07, 6.45) is -0.300. The summed E-state index contributed by atoms with van der Waals surface area (Å²) in [6.45, 7) is 1.68. The highest BCUT2D eigenvalue weighted by Gasteiger charge is 2.36. The van der Waals surface area contributed by atoms with Gasteiger partial charge in [0.2, 0.25) is 41.4 Å². The van der Waals surface area contributed by atoms with Crippen LogP contribution in [0.4, 0.5) is 4.79 Å². The summed E-state index contributed by atoms with van der Waals surface area (Å²) in [4.78, 5) is 130. The molecule has 15 N–H and O–H groups in total. The van der Waals surface area contributed by atoms with Crippen LogP contribution in [-0.4, -0.2) is 137 Å². The van der Waals surface area contributed by atoms with Gasteiger partial charge >= 0.3 is 6.03 Å². The van der Waals surface area contributed by atoms with Gasteiger partial charge in [0.1, 0.15) is 30.2 Å². The molecule has 0 spiro atoms. The largest absolute Gasteiger partial charge is 0.391 e. The van der Waals surface area contributed by atoms with E-state index in [-0.39, 0.29) is 76.8 Å². The van der Waals surface area contributed by atoms with Gasteiger partial charge in [0.25, 0.3) is 5.91 Å². The lowest BCUT2D eigenvalue weighted by molar-refractivity contribution is -0.136. The molecule has 1 aliphatic rings. The lowest BCUT2D eigenvalue weighted by Gasteiger charge is -2.30. The number of aromatic nitrogens is 1. The molecule has 1 aliphatic heterocycles. The Labute approximate surface area is 392 Å². The molecule has 0 saturated carbocycles. The molecule has 3 aromatic rings. The van der Waals surface area contributed by atoms with Gasteiger partial charge in [0.15, 0.2) is 5.96 Å². The number of carbonyl (C=O) groups excluding carboxylic acids is 9. The van der Waals surface area contributed by atoms with Gasteiger partial charge in [-0.25, -0.2) is 4.79 Å². The van der Waals surface area contributed by atoms with Crippen LogP contribution in [0.3, 0.4) is 0 Å². The minimum atomic E-state index is -1.55. The molecule has 10 amide bonds. The Morgan fingerprint density at radius 2 is 1.51 bits per heavy atom. The Kier molecular flexibility index (Phi) is 20.7. The van der Waals surface area contributed by atoms with Crippen molar-refractivity contribution in [2.45, 2.75) is 108 Å². The summed E-state index contributed by atoms with van der Waals surface area (Å²) >= 11 is 0. The standard InChI is InChI=1S/C45H63N13O10/c1-3-29(60)25-58-43(67)34(53-38(62)24-51-26(2)59)17-18-37(61)49-19-9-15-32(39(46)63)54-42(66)36(22-28-23-52-31-14-8-7-13-30(28)31)56-40(64)33(16-10-20-50-44(47)48)55-41(65)35(57-45(58)68)21-27-11-5-4-6-12-27/h4-8,11-14,23,29,32-36,52,60H,3,9-10,15-22,24-25H2,1-2H3,(H2,46,63)(H,49,61)(H,51,59)(H,53,62)(H,54,66)(H,55,65)(H,56,64)(H,57,68)(H4,47,48,50)/t29?,32?,33-,34?,35?,36-/m0/s1. The van der Waals surface area contributed by atoms with Crippen LogP contribution in [0.25, 0.3) is 10.9 Å². The maximum absolute atomic E-state index is 14.5. The number of H-pyrrole nitrogens is 1. The van der Waals surface area contributed by atoms with Crippen LogP contribution in [0.5, 0.6) is 0 Å². The maximum atomic E-state index is 14.5. The number of hydrogen-bond donors (Lipinski definition) is 12. The quantitative estimate of drug-likeness (QED) is 0.0445. The second-order valence-electron chi connectivity index (χ2n) is 16.4. The van der Waals surface area contributed by atoms with E-state index in [4.69, 9.17) is 17.2 Å². The molecule has 0 aliphatic carbocycles. The molecular weight excluding hydrogens is 883 g/mol. The van der Waals surface area contributed by atoms with Gasteiger partial charge in [-0.1, -0.05) is 55.5 Å². The first-order chi connectivity index (χ1) is 32.4. The van der Waals surface area contributed by atoms with Crippen LogP contribution in [-0.2, 0) is 51.2 Å². The van der Waals surface area contributed by atoms with Crippen molar-refractivity contribution in [3.8, 4) is 0 Å². The normalized spacial score (nSPS) is 21.0. The first kappa shape index (κ1) is 53.1. The number of benzene rings is 2. The zero-order chi connectivity index (χ0) is 49.8. The van der Waals surface area contributed by atoms with Gasteiger partial charge in [-0.2, -0.15) is 0 Å². The summed E-state index contributed by atoms with van der Waals surface area (Å²) < 4.78 is 0. The van der Waals surface area contributed by atoms with Crippen molar-refractivity contribution < 1.29 is 48.3 Å².